The van der Waals surface area contributed by atoms with Crippen LogP contribution < -0.4 is 5.32 Å². The van der Waals surface area contributed by atoms with Gasteiger partial charge in [-0.2, -0.15) is 0 Å². The Labute approximate surface area is 108 Å². The number of nitrogens with one attached hydrogen (secondary N) is 1. The molecule has 1 aromatic heterocycles. The van der Waals surface area contributed by atoms with E-state index in [1.54, 1.807) is 12.3 Å². The number of hydrogen-bond donors (Lipinski definition) is 1. The third-order valence-corrected chi connectivity index (χ3v) is 2.86. The van der Waals surface area contributed by atoms with Crippen LogP contribution in [0.5, 0.6) is 0 Å². The van der Waals surface area contributed by atoms with E-state index in [0.29, 0.717) is 5.82 Å². The number of hydrogen-bond acceptors (Lipinski definition) is 4. The van der Waals surface area contributed by atoms with Gasteiger partial charge in [0.15, 0.2) is 0 Å². The van der Waals surface area contributed by atoms with Crippen LogP contribution in [0.4, 0.5) is 11.5 Å². The lowest BCUT2D eigenvalue weighted by Gasteiger charge is -2.14. The average molecular weight is 251 g/mol. The molecule has 1 atom stereocenters. The Morgan fingerprint density at radius 2 is 2.22 bits per heavy atom. The van der Waals surface area contributed by atoms with E-state index in [1.165, 1.54) is 25.3 Å². The molecule has 1 rings (SSSR count). The van der Waals surface area contributed by atoms with Crippen LogP contribution in [0.1, 0.15) is 46.0 Å². The smallest absolute Gasteiger partial charge is 0.311 e. The van der Waals surface area contributed by atoms with Gasteiger partial charge in [0, 0.05) is 18.3 Å². The van der Waals surface area contributed by atoms with Crippen LogP contribution in [0, 0.1) is 10.1 Å². The summed E-state index contributed by atoms with van der Waals surface area (Å²) in [5.74, 6) is 0.366. The number of rotatable bonds is 8. The molecule has 0 aromatic carbocycles. The lowest BCUT2D eigenvalue weighted by atomic mass is 10.1. The first kappa shape index (κ1) is 14.4. The second-order valence-corrected chi connectivity index (χ2v) is 4.52. The normalized spacial score (nSPS) is 12.1. The molecule has 1 aromatic rings. The molecule has 0 amide bonds. The molecular weight excluding hydrogens is 230 g/mol. The SMILES string of the molecule is CCCCCCC(C)Nc1ncccc1[N+](=O)[O-]. The van der Waals surface area contributed by atoms with Crippen LogP contribution >= 0.6 is 0 Å². The molecule has 0 saturated heterocycles. The van der Waals surface area contributed by atoms with Gasteiger partial charge >= 0.3 is 5.69 Å². The predicted octanol–water partition coefficient (Wildman–Crippen LogP) is 3.76. The largest absolute Gasteiger partial charge is 0.362 e. The van der Waals surface area contributed by atoms with Crippen molar-refractivity contribution >= 4 is 11.5 Å². The van der Waals surface area contributed by atoms with E-state index in [-0.39, 0.29) is 11.7 Å². The van der Waals surface area contributed by atoms with Crippen LogP contribution in [0.15, 0.2) is 18.3 Å². The topological polar surface area (TPSA) is 68.1 Å². The van der Waals surface area contributed by atoms with Gasteiger partial charge in [-0.1, -0.05) is 32.6 Å². The van der Waals surface area contributed by atoms with Crippen molar-refractivity contribution in [2.45, 2.75) is 52.0 Å². The first-order valence-electron chi connectivity index (χ1n) is 6.51. The number of nitrogens with zero attached hydrogens (tertiary/aromatic N) is 2. The van der Waals surface area contributed by atoms with Gasteiger partial charge in [-0.3, -0.25) is 10.1 Å². The standard InChI is InChI=1S/C13H21N3O2/c1-3-4-5-6-8-11(2)15-13-12(16(17)18)9-7-10-14-13/h7,9-11H,3-6,8H2,1-2H3,(H,14,15). The molecule has 100 valence electrons. The van der Waals surface area contributed by atoms with Crippen molar-refractivity contribution in [1.29, 1.82) is 0 Å². The third-order valence-electron chi connectivity index (χ3n) is 2.86. The van der Waals surface area contributed by atoms with Crippen molar-refractivity contribution in [2.24, 2.45) is 0 Å². The highest BCUT2D eigenvalue weighted by Gasteiger charge is 2.15. The Bertz CT molecular complexity index is 382. The van der Waals surface area contributed by atoms with Crippen molar-refractivity contribution in [3.63, 3.8) is 0 Å². The third kappa shape index (κ3) is 4.69. The molecule has 0 aliphatic carbocycles. The van der Waals surface area contributed by atoms with Crippen LogP contribution in [-0.2, 0) is 0 Å². The zero-order valence-corrected chi connectivity index (χ0v) is 11.1. The molecule has 0 radical (unpaired) electrons. The monoisotopic (exact) mass is 251 g/mol. The maximum Gasteiger partial charge on any atom is 0.311 e. The van der Waals surface area contributed by atoms with Gasteiger partial charge in [0.05, 0.1) is 4.92 Å². The first-order chi connectivity index (χ1) is 8.65. The number of anilines is 1. The van der Waals surface area contributed by atoms with Crippen molar-refractivity contribution < 1.29 is 4.92 Å². The Morgan fingerprint density at radius 1 is 1.44 bits per heavy atom. The van der Waals surface area contributed by atoms with Crippen LogP contribution in [0.3, 0.4) is 0 Å². The summed E-state index contributed by atoms with van der Waals surface area (Å²) in [7, 11) is 0. The summed E-state index contributed by atoms with van der Waals surface area (Å²) < 4.78 is 0. The second kappa shape index (κ2) is 7.63. The molecule has 0 saturated carbocycles. The maximum atomic E-state index is 10.8. The molecule has 5 heteroatoms. The quantitative estimate of drug-likeness (QED) is 0.434. The first-order valence-corrected chi connectivity index (χ1v) is 6.51. The zero-order valence-electron chi connectivity index (χ0n) is 11.1. The van der Waals surface area contributed by atoms with E-state index in [2.05, 4.69) is 17.2 Å². The van der Waals surface area contributed by atoms with Crippen LogP contribution in [0.2, 0.25) is 0 Å². The minimum atomic E-state index is -0.404. The number of aromatic nitrogens is 1. The van der Waals surface area contributed by atoms with Gasteiger partial charge < -0.3 is 5.32 Å². The highest BCUT2D eigenvalue weighted by molar-refractivity contribution is 5.55. The van der Waals surface area contributed by atoms with Gasteiger partial charge in [0.2, 0.25) is 5.82 Å². The highest BCUT2D eigenvalue weighted by atomic mass is 16.6. The van der Waals surface area contributed by atoms with Gasteiger partial charge in [-0.25, -0.2) is 4.98 Å². The number of nitro groups is 1. The highest BCUT2D eigenvalue weighted by Crippen LogP contribution is 2.21. The van der Waals surface area contributed by atoms with E-state index >= 15 is 0 Å². The van der Waals surface area contributed by atoms with Crippen LogP contribution in [-0.4, -0.2) is 15.9 Å². The average Bonchev–Trinajstić information content (AvgIpc) is 2.35. The fourth-order valence-electron chi connectivity index (χ4n) is 1.84. The molecule has 18 heavy (non-hydrogen) atoms. The summed E-state index contributed by atoms with van der Waals surface area (Å²) in [5, 5.41) is 13.9. The van der Waals surface area contributed by atoms with Crippen molar-refractivity contribution in [2.75, 3.05) is 5.32 Å². The van der Waals surface area contributed by atoms with E-state index in [4.69, 9.17) is 0 Å². The molecule has 0 spiro atoms. The molecule has 0 aliphatic rings. The van der Waals surface area contributed by atoms with Gasteiger partial charge in [-0.05, 0) is 19.4 Å². The van der Waals surface area contributed by atoms with E-state index < -0.39 is 4.92 Å². The molecule has 5 nitrogen and oxygen atoms in total. The second-order valence-electron chi connectivity index (χ2n) is 4.52. The Morgan fingerprint density at radius 3 is 2.89 bits per heavy atom. The minimum absolute atomic E-state index is 0.0397. The Balaban J connectivity index is 2.48. The molecule has 1 unspecified atom stereocenters. The Hall–Kier alpha value is -1.65. The molecule has 1 heterocycles. The molecule has 0 fully saturated rings. The molecule has 0 aliphatic heterocycles. The van der Waals surface area contributed by atoms with Crippen molar-refractivity contribution in [1.82, 2.24) is 4.98 Å². The molecule has 1 N–H and O–H groups in total. The number of unbranched alkanes of at least 4 members (excludes halogenated alkanes) is 3. The fraction of sp³-hybridized carbons (Fsp3) is 0.615. The van der Waals surface area contributed by atoms with E-state index in [1.807, 2.05) is 6.92 Å². The lowest BCUT2D eigenvalue weighted by molar-refractivity contribution is -0.384. The summed E-state index contributed by atoms with van der Waals surface area (Å²) in [6, 6.07) is 3.25. The summed E-state index contributed by atoms with van der Waals surface area (Å²) in [5.41, 5.74) is 0.0397. The summed E-state index contributed by atoms with van der Waals surface area (Å²) in [6.45, 7) is 4.21. The molecule has 0 bridgehead atoms. The molecular formula is C13H21N3O2. The van der Waals surface area contributed by atoms with Gasteiger partial charge in [0.1, 0.15) is 0 Å². The van der Waals surface area contributed by atoms with Gasteiger partial charge in [0.25, 0.3) is 0 Å². The number of pyridine rings is 1. The lowest BCUT2D eigenvalue weighted by Crippen LogP contribution is -2.16. The van der Waals surface area contributed by atoms with Crippen molar-refractivity contribution in [3.8, 4) is 0 Å². The van der Waals surface area contributed by atoms with Gasteiger partial charge in [-0.15, -0.1) is 0 Å². The van der Waals surface area contributed by atoms with E-state index in [0.717, 1.165) is 12.8 Å². The van der Waals surface area contributed by atoms with Crippen molar-refractivity contribution in [3.05, 3.63) is 28.4 Å². The minimum Gasteiger partial charge on any atom is -0.362 e. The summed E-state index contributed by atoms with van der Waals surface area (Å²) in [6.07, 6.45) is 7.40. The maximum absolute atomic E-state index is 10.8. The predicted molar refractivity (Wildman–Crippen MR) is 72.7 cm³/mol. The Kier molecular flexibility index (Phi) is 6.11. The van der Waals surface area contributed by atoms with E-state index in [9.17, 15) is 10.1 Å². The summed E-state index contributed by atoms with van der Waals surface area (Å²) >= 11 is 0. The fourth-order valence-corrected chi connectivity index (χ4v) is 1.84. The summed E-state index contributed by atoms with van der Waals surface area (Å²) in [4.78, 5) is 14.5. The van der Waals surface area contributed by atoms with Crippen LogP contribution in [0.25, 0.3) is 0 Å². The zero-order chi connectivity index (χ0) is 13.4.